The lowest BCUT2D eigenvalue weighted by Gasteiger charge is -2.19. The second kappa shape index (κ2) is 10.8. The van der Waals surface area contributed by atoms with E-state index in [1.165, 1.54) is 18.2 Å². The number of ether oxygens (including phenoxy) is 1. The van der Waals surface area contributed by atoms with Crippen LogP contribution < -0.4 is 10.6 Å². The number of anilines is 1. The summed E-state index contributed by atoms with van der Waals surface area (Å²) in [5.41, 5.74) is 7.62. The van der Waals surface area contributed by atoms with Crippen molar-refractivity contribution in [2.45, 2.75) is 26.4 Å². The summed E-state index contributed by atoms with van der Waals surface area (Å²) >= 11 is 0. The molecule has 0 unspecified atom stereocenters. The van der Waals surface area contributed by atoms with Crippen molar-refractivity contribution >= 4 is 22.8 Å². The first-order valence-electron chi connectivity index (χ1n) is 11.4. The molecular formula is C27H27FN4O3. The fourth-order valence-electron chi connectivity index (χ4n) is 3.97. The highest BCUT2D eigenvalue weighted by molar-refractivity contribution is 5.92. The van der Waals surface area contributed by atoms with Gasteiger partial charge in [0.25, 0.3) is 0 Å². The van der Waals surface area contributed by atoms with Crippen molar-refractivity contribution in [1.29, 1.82) is 0 Å². The van der Waals surface area contributed by atoms with Crippen LogP contribution in [0.3, 0.4) is 0 Å². The molecule has 1 aliphatic heterocycles. The van der Waals surface area contributed by atoms with Crippen molar-refractivity contribution in [2.24, 2.45) is 5.73 Å². The first-order valence-corrected chi connectivity index (χ1v) is 11.4. The molecule has 3 aromatic carbocycles. The molecule has 35 heavy (non-hydrogen) atoms. The van der Waals surface area contributed by atoms with Gasteiger partial charge in [0.15, 0.2) is 5.82 Å². The molecule has 8 heteroatoms. The number of aromatic hydroxyl groups is 1. The number of halogens is 1. The van der Waals surface area contributed by atoms with Crippen LogP contribution in [0.25, 0.3) is 22.3 Å². The third-order valence-electron chi connectivity index (χ3n) is 5.68. The molecule has 1 aromatic heterocycles. The van der Waals surface area contributed by atoms with Gasteiger partial charge in [0.05, 0.1) is 11.1 Å². The Labute approximate surface area is 203 Å². The largest absolute Gasteiger partial charge is 0.507 e. The number of aromatic nitrogens is 2. The van der Waals surface area contributed by atoms with Crippen LogP contribution in [-0.2, 0) is 11.3 Å². The Kier molecular flexibility index (Phi) is 7.40. The fourth-order valence-corrected chi connectivity index (χ4v) is 3.97. The van der Waals surface area contributed by atoms with E-state index >= 15 is 0 Å². The molecule has 5 rings (SSSR count). The highest BCUT2D eigenvalue weighted by Crippen LogP contribution is 2.34. The second-order valence-electron chi connectivity index (χ2n) is 8.31. The summed E-state index contributed by atoms with van der Waals surface area (Å²) in [4.78, 5) is 21.5. The third kappa shape index (κ3) is 5.84. The molecule has 180 valence electrons. The van der Waals surface area contributed by atoms with E-state index in [-0.39, 0.29) is 23.7 Å². The van der Waals surface area contributed by atoms with Gasteiger partial charge in [0, 0.05) is 18.5 Å². The fraction of sp³-hybridized carbons (Fsp3) is 0.222. The highest BCUT2D eigenvalue weighted by atomic mass is 19.1. The predicted molar refractivity (Wildman–Crippen MR) is 134 cm³/mol. The molecule has 0 atom stereocenters. The topological polar surface area (TPSA) is 102 Å². The maximum atomic E-state index is 14.3. The van der Waals surface area contributed by atoms with E-state index in [1.807, 2.05) is 55.5 Å². The van der Waals surface area contributed by atoms with E-state index in [4.69, 9.17) is 5.73 Å². The first kappa shape index (κ1) is 23.9. The SMILES string of the molecule is Cc1ccc2c(N3CCCC3)nc(-c3c(O)cccc3F)nc2c1.NC(=O)OCc1ccccc1. The van der Waals surface area contributed by atoms with E-state index < -0.39 is 11.9 Å². The van der Waals surface area contributed by atoms with Crippen LogP contribution in [0.2, 0.25) is 0 Å². The van der Waals surface area contributed by atoms with Crippen LogP contribution in [-0.4, -0.2) is 34.3 Å². The lowest BCUT2D eigenvalue weighted by molar-refractivity contribution is 0.150. The standard InChI is InChI=1S/C19H18FN3O.C8H9NO2/c1-12-7-8-13-15(11-12)21-18(17-14(20)5-4-6-16(17)24)22-19(13)23-9-2-3-10-23;9-8(10)11-6-7-4-2-1-3-5-7/h4-8,11,24H,2-3,9-10H2,1H3;1-5H,6H2,(H2,9,10). The van der Waals surface area contributed by atoms with Crippen LogP contribution in [0, 0.1) is 12.7 Å². The number of benzene rings is 3. The number of fused-ring (bicyclic) bond motifs is 1. The average molecular weight is 475 g/mol. The number of carbonyl (C=O) groups excluding carboxylic acids is 1. The molecule has 0 aliphatic carbocycles. The van der Waals surface area contributed by atoms with Crippen LogP contribution in [0.1, 0.15) is 24.0 Å². The summed E-state index contributed by atoms with van der Waals surface area (Å²) in [6, 6.07) is 19.6. The molecule has 3 N–H and O–H groups in total. The lowest BCUT2D eigenvalue weighted by atomic mass is 10.1. The number of hydrogen-bond donors (Lipinski definition) is 2. The minimum atomic E-state index is -0.742. The molecular weight excluding hydrogens is 447 g/mol. The van der Waals surface area contributed by atoms with Gasteiger partial charge in [-0.2, -0.15) is 0 Å². The Morgan fingerprint density at radius 2 is 1.80 bits per heavy atom. The van der Waals surface area contributed by atoms with Gasteiger partial charge < -0.3 is 20.5 Å². The van der Waals surface area contributed by atoms with Crippen LogP contribution >= 0.6 is 0 Å². The number of hydrogen-bond acceptors (Lipinski definition) is 6. The van der Waals surface area contributed by atoms with Gasteiger partial charge in [0.1, 0.15) is 24.0 Å². The van der Waals surface area contributed by atoms with E-state index in [0.29, 0.717) is 0 Å². The van der Waals surface area contributed by atoms with Gasteiger partial charge in [-0.25, -0.2) is 19.2 Å². The first-order chi connectivity index (χ1) is 16.9. The molecule has 1 saturated heterocycles. The van der Waals surface area contributed by atoms with Crippen molar-refractivity contribution in [3.05, 3.63) is 83.7 Å². The van der Waals surface area contributed by atoms with E-state index in [0.717, 1.165) is 53.8 Å². The van der Waals surface area contributed by atoms with E-state index in [9.17, 15) is 14.3 Å². The van der Waals surface area contributed by atoms with Gasteiger partial charge in [-0.15, -0.1) is 0 Å². The number of aryl methyl sites for hydroxylation is 1. The minimum absolute atomic E-state index is 0.0568. The van der Waals surface area contributed by atoms with Crippen LogP contribution in [0.5, 0.6) is 5.75 Å². The second-order valence-corrected chi connectivity index (χ2v) is 8.31. The molecule has 1 aliphatic rings. The Hall–Kier alpha value is -4.20. The summed E-state index contributed by atoms with van der Waals surface area (Å²) in [6.45, 7) is 4.11. The Morgan fingerprint density at radius 1 is 1.06 bits per heavy atom. The monoisotopic (exact) mass is 474 g/mol. The number of phenolic OH excluding ortho intramolecular Hbond substituents is 1. The smallest absolute Gasteiger partial charge is 0.404 e. The van der Waals surface area contributed by atoms with Gasteiger partial charge in [-0.1, -0.05) is 42.5 Å². The Morgan fingerprint density at radius 3 is 2.49 bits per heavy atom. The van der Waals surface area contributed by atoms with Crippen molar-refractivity contribution in [2.75, 3.05) is 18.0 Å². The van der Waals surface area contributed by atoms with Crippen molar-refractivity contribution in [3.63, 3.8) is 0 Å². The van der Waals surface area contributed by atoms with E-state index in [1.54, 1.807) is 0 Å². The minimum Gasteiger partial charge on any atom is -0.507 e. The zero-order valence-corrected chi connectivity index (χ0v) is 19.4. The van der Waals surface area contributed by atoms with Crippen molar-refractivity contribution in [1.82, 2.24) is 9.97 Å². The predicted octanol–water partition coefficient (Wildman–Crippen LogP) is 5.33. The van der Waals surface area contributed by atoms with Gasteiger partial charge >= 0.3 is 6.09 Å². The highest BCUT2D eigenvalue weighted by Gasteiger charge is 2.21. The maximum absolute atomic E-state index is 14.3. The van der Waals surface area contributed by atoms with Gasteiger partial charge in [-0.05, 0) is 55.2 Å². The molecule has 0 radical (unpaired) electrons. The van der Waals surface area contributed by atoms with Crippen molar-refractivity contribution < 1.29 is 19.0 Å². The molecule has 4 aromatic rings. The number of nitrogens with two attached hydrogens (primary N) is 1. The number of rotatable bonds is 4. The average Bonchev–Trinajstić information content (AvgIpc) is 3.38. The molecule has 1 amide bonds. The molecule has 0 spiro atoms. The number of carbonyl (C=O) groups is 1. The molecule has 7 nitrogen and oxygen atoms in total. The summed E-state index contributed by atoms with van der Waals surface area (Å²) in [5, 5.41) is 11.1. The third-order valence-corrected chi connectivity index (χ3v) is 5.68. The molecule has 0 saturated carbocycles. The summed E-state index contributed by atoms with van der Waals surface area (Å²) in [5.74, 6) is 0.379. The van der Waals surface area contributed by atoms with Gasteiger partial charge in [-0.3, -0.25) is 0 Å². The van der Waals surface area contributed by atoms with Gasteiger partial charge in [0.2, 0.25) is 0 Å². The zero-order chi connectivity index (χ0) is 24.8. The summed E-state index contributed by atoms with van der Waals surface area (Å²) in [6.07, 6.45) is 1.50. The normalized spacial score (nSPS) is 12.8. The zero-order valence-electron chi connectivity index (χ0n) is 19.4. The quantitative estimate of drug-likeness (QED) is 0.414. The number of primary amides is 1. The summed E-state index contributed by atoms with van der Waals surface area (Å²) in [7, 11) is 0. The molecule has 1 fully saturated rings. The lowest BCUT2D eigenvalue weighted by Crippen LogP contribution is -2.20. The number of nitrogens with zero attached hydrogens (tertiary/aromatic N) is 3. The van der Waals surface area contributed by atoms with E-state index in [2.05, 4.69) is 19.6 Å². The summed E-state index contributed by atoms with van der Waals surface area (Å²) < 4.78 is 18.8. The molecule has 0 bridgehead atoms. The molecule has 2 heterocycles. The van der Waals surface area contributed by atoms with Crippen LogP contribution in [0.15, 0.2) is 66.7 Å². The number of phenols is 1. The Bertz CT molecular complexity index is 1300. The maximum Gasteiger partial charge on any atom is 0.404 e. The van der Waals surface area contributed by atoms with Crippen LogP contribution in [0.4, 0.5) is 15.0 Å². The number of amides is 1. The van der Waals surface area contributed by atoms with Crippen molar-refractivity contribution in [3.8, 4) is 17.1 Å². The Balaban J connectivity index is 0.000000221.